The standard InChI is InChI=1S/C14H22N4OS/c1-10(2)14(19)16-11-5-4-6-18(9-11)12-7-15-8-13(17-12)20-3/h7-8,10-11H,4-6,9H2,1-3H3,(H,16,19). The summed E-state index contributed by atoms with van der Waals surface area (Å²) in [5.74, 6) is 1.06. The predicted molar refractivity (Wildman–Crippen MR) is 82.0 cm³/mol. The van der Waals surface area contributed by atoms with Crippen LogP contribution in [-0.2, 0) is 4.79 Å². The molecular weight excluding hydrogens is 272 g/mol. The molecule has 2 rings (SSSR count). The van der Waals surface area contributed by atoms with E-state index >= 15 is 0 Å². The molecule has 1 aromatic rings. The van der Waals surface area contributed by atoms with Crippen LogP contribution in [0.4, 0.5) is 5.82 Å². The van der Waals surface area contributed by atoms with E-state index in [-0.39, 0.29) is 17.9 Å². The van der Waals surface area contributed by atoms with E-state index in [4.69, 9.17) is 0 Å². The summed E-state index contributed by atoms with van der Waals surface area (Å²) in [5.41, 5.74) is 0. The fraction of sp³-hybridized carbons (Fsp3) is 0.643. The number of hydrogen-bond acceptors (Lipinski definition) is 5. The molecule has 1 amide bonds. The average molecular weight is 294 g/mol. The number of nitrogens with one attached hydrogen (secondary N) is 1. The first kappa shape index (κ1) is 15.1. The summed E-state index contributed by atoms with van der Waals surface area (Å²) < 4.78 is 0. The molecule has 1 aromatic heterocycles. The number of hydrogen-bond donors (Lipinski definition) is 1. The monoisotopic (exact) mass is 294 g/mol. The van der Waals surface area contributed by atoms with Gasteiger partial charge in [0, 0.05) is 25.0 Å². The zero-order valence-corrected chi connectivity index (χ0v) is 13.1. The Hall–Kier alpha value is -1.30. The lowest BCUT2D eigenvalue weighted by molar-refractivity contribution is -0.124. The highest BCUT2D eigenvalue weighted by atomic mass is 32.2. The SMILES string of the molecule is CSc1cncc(N2CCCC(NC(=O)C(C)C)C2)n1. The van der Waals surface area contributed by atoms with Crippen LogP contribution < -0.4 is 10.2 Å². The number of thioether (sulfide) groups is 1. The maximum absolute atomic E-state index is 11.8. The van der Waals surface area contributed by atoms with Crippen LogP contribution in [0.25, 0.3) is 0 Å². The third-order valence-corrected chi connectivity index (χ3v) is 4.04. The van der Waals surface area contributed by atoms with Gasteiger partial charge in [-0.3, -0.25) is 9.78 Å². The van der Waals surface area contributed by atoms with Gasteiger partial charge in [0.05, 0.1) is 12.4 Å². The molecule has 1 aliphatic heterocycles. The maximum Gasteiger partial charge on any atom is 0.222 e. The Morgan fingerprint density at radius 3 is 3.00 bits per heavy atom. The summed E-state index contributed by atoms with van der Waals surface area (Å²) in [6, 6.07) is 0.207. The van der Waals surface area contributed by atoms with E-state index in [1.807, 2.05) is 20.1 Å². The van der Waals surface area contributed by atoms with E-state index in [1.165, 1.54) is 0 Å². The van der Waals surface area contributed by atoms with Crippen molar-refractivity contribution >= 4 is 23.5 Å². The van der Waals surface area contributed by atoms with Gasteiger partial charge in [0.2, 0.25) is 5.91 Å². The normalized spacial score (nSPS) is 19.2. The van der Waals surface area contributed by atoms with Crippen LogP contribution in [0, 0.1) is 5.92 Å². The summed E-state index contributed by atoms with van der Waals surface area (Å²) >= 11 is 1.59. The summed E-state index contributed by atoms with van der Waals surface area (Å²) in [6.07, 6.45) is 7.66. The molecule has 1 atom stereocenters. The number of amides is 1. The second kappa shape index (κ2) is 6.92. The van der Waals surface area contributed by atoms with E-state index in [1.54, 1.807) is 24.2 Å². The summed E-state index contributed by atoms with van der Waals surface area (Å²) in [5, 5.41) is 4.04. The van der Waals surface area contributed by atoms with Crippen molar-refractivity contribution < 1.29 is 4.79 Å². The third kappa shape index (κ3) is 3.85. The fourth-order valence-electron chi connectivity index (χ4n) is 2.26. The van der Waals surface area contributed by atoms with Crippen LogP contribution in [-0.4, -0.2) is 41.3 Å². The molecule has 0 spiro atoms. The van der Waals surface area contributed by atoms with Crippen LogP contribution in [0.3, 0.4) is 0 Å². The highest BCUT2D eigenvalue weighted by Gasteiger charge is 2.23. The highest BCUT2D eigenvalue weighted by Crippen LogP contribution is 2.20. The van der Waals surface area contributed by atoms with Crippen LogP contribution >= 0.6 is 11.8 Å². The molecule has 5 nitrogen and oxygen atoms in total. The van der Waals surface area contributed by atoms with Crippen molar-refractivity contribution in [1.29, 1.82) is 0 Å². The molecule has 6 heteroatoms. The Bertz CT molecular complexity index is 466. The van der Waals surface area contributed by atoms with Gasteiger partial charge in [-0.2, -0.15) is 0 Å². The van der Waals surface area contributed by atoms with Crippen molar-refractivity contribution in [3.63, 3.8) is 0 Å². The first-order valence-corrected chi connectivity index (χ1v) is 8.24. The lowest BCUT2D eigenvalue weighted by Crippen LogP contribution is -2.49. The Morgan fingerprint density at radius 2 is 2.30 bits per heavy atom. The highest BCUT2D eigenvalue weighted by molar-refractivity contribution is 7.98. The summed E-state index contributed by atoms with van der Waals surface area (Å²) in [7, 11) is 0. The fourth-order valence-corrected chi connectivity index (χ4v) is 2.61. The van der Waals surface area contributed by atoms with Gasteiger partial charge in [-0.1, -0.05) is 13.8 Å². The molecule has 110 valence electrons. The van der Waals surface area contributed by atoms with Gasteiger partial charge in [-0.25, -0.2) is 4.98 Å². The minimum Gasteiger partial charge on any atom is -0.353 e. The Labute approximate surface area is 124 Å². The smallest absolute Gasteiger partial charge is 0.222 e. The second-order valence-electron chi connectivity index (χ2n) is 5.37. The molecular formula is C14H22N4OS. The topological polar surface area (TPSA) is 58.1 Å². The molecule has 0 aliphatic carbocycles. The van der Waals surface area contributed by atoms with Gasteiger partial charge < -0.3 is 10.2 Å². The Kier molecular flexibility index (Phi) is 5.23. The lowest BCUT2D eigenvalue weighted by Gasteiger charge is -2.34. The summed E-state index contributed by atoms with van der Waals surface area (Å²) in [4.78, 5) is 22.8. The van der Waals surface area contributed by atoms with Crippen molar-refractivity contribution in [2.24, 2.45) is 5.92 Å². The van der Waals surface area contributed by atoms with E-state index in [2.05, 4.69) is 20.2 Å². The minimum atomic E-state index is 0.0324. The van der Waals surface area contributed by atoms with E-state index in [0.717, 1.165) is 36.8 Å². The van der Waals surface area contributed by atoms with Crippen molar-refractivity contribution in [1.82, 2.24) is 15.3 Å². The second-order valence-corrected chi connectivity index (χ2v) is 6.19. The number of anilines is 1. The number of rotatable bonds is 4. The number of carbonyl (C=O) groups is 1. The predicted octanol–water partition coefficient (Wildman–Crippen LogP) is 1.94. The first-order valence-electron chi connectivity index (χ1n) is 7.01. The van der Waals surface area contributed by atoms with E-state index < -0.39 is 0 Å². The van der Waals surface area contributed by atoms with Gasteiger partial charge in [-0.15, -0.1) is 11.8 Å². The lowest BCUT2D eigenvalue weighted by atomic mass is 10.0. The molecule has 20 heavy (non-hydrogen) atoms. The number of aromatic nitrogens is 2. The third-order valence-electron chi connectivity index (χ3n) is 3.43. The molecule has 1 aliphatic rings. The van der Waals surface area contributed by atoms with Crippen molar-refractivity contribution in [2.75, 3.05) is 24.2 Å². The van der Waals surface area contributed by atoms with Crippen molar-refractivity contribution in [2.45, 2.75) is 37.8 Å². The molecule has 1 N–H and O–H groups in total. The zero-order valence-electron chi connectivity index (χ0n) is 12.3. The zero-order chi connectivity index (χ0) is 14.5. The number of piperidine rings is 1. The van der Waals surface area contributed by atoms with E-state index in [0.29, 0.717) is 0 Å². The molecule has 2 heterocycles. The van der Waals surface area contributed by atoms with Gasteiger partial charge >= 0.3 is 0 Å². The Balaban J connectivity index is 2.00. The summed E-state index contributed by atoms with van der Waals surface area (Å²) in [6.45, 7) is 5.62. The van der Waals surface area contributed by atoms with Crippen molar-refractivity contribution in [3.05, 3.63) is 12.4 Å². The minimum absolute atomic E-state index is 0.0324. The molecule has 0 radical (unpaired) electrons. The number of nitrogens with zero attached hydrogens (tertiary/aromatic N) is 3. The molecule has 1 unspecified atom stereocenters. The van der Waals surface area contributed by atoms with Crippen LogP contribution in [0.5, 0.6) is 0 Å². The average Bonchev–Trinajstić information content (AvgIpc) is 2.47. The maximum atomic E-state index is 11.8. The molecule has 1 fully saturated rings. The van der Waals surface area contributed by atoms with Gasteiger partial charge in [0.25, 0.3) is 0 Å². The molecule has 0 bridgehead atoms. The van der Waals surface area contributed by atoms with Gasteiger partial charge in [-0.05, 0) is 19.1 Å². The van der Waals surface area contributed by atoms with E-state index in [9.17, 15) is 4.79 Å². The Morgan fingerprint density at radius 1 is 1.50 bits per heavy atom. The molecule has 0 saturated carbocycles. The quantitative estimate of drug-likeness (QED) is 0.860. The van der Waals surface area contributed by atoms with Crippen LogP contribution in [0.1, 0.15) is 26.7 Å². The van der Waals surface area contributed by atoms with Gasteiger partial charge in [0.15, 0.2) is 0 Å². The molecule has 1 saturated heterocycles. The molecule has 0 aromatic carbocycles. The van der Waals surface area contributed by atoms with Crippen LogP contribution in [0.15, 0.2) is 17.4 Å². The first-order chi connectivity index (χ1) is 9.60. The van der Waals surface area contributed by atoms with Crippen LogP contribution in [0.2, 0.25) is 0 Å². The largest absolute Gasteiger partial charge is 0.353 e. The van der Waals surface area contributed by atoms with Crippen molar-refractivity contribution in [3.8, 4) is 0 Å². The van der Waals surface area contributed by atoms with Gasteiger partial charge in [0.1, 0.15) is 10.8 Å². The number of carbonyl (C=O) groups excluding carboxylic acids is 1.